The van der Waals surface area contributed by atoms with Crippen LogP contribution < -0.4 is 14.8 Å². The Morgan fingerprint density at radius 2 is 1.62 bits per heavy atom. The number of hydrogen-bond acceptors (Lipinski definition) is 4. The van der Waals surface area contributed by atoms with Crippen molar-refractivity contribution in [3.63, 3.8) is 0 Å². The molecule has 1 saturated carbocycles. The maximum absolute atomic E-state index is 14.0. The van der Waals surface area contributed by atoms with Crippen LogP contribution in [0.4, 0.5) is 0 Å². The van der Waals surface area contributed by atoms with Gasteiger partial charge in [0, 0.05) is 24.7 Å². The van der Waals surface area contributed by atoms with Gasteiger partial charge in [0.25, 0.3) is 5.91 Å². The lowest BCUT2D eigenvalue weighted by Crippen LogP contribution is -2.39. The van der Waals surface area contributed by atoms with E-state index in [1.165, 1.54) is 16.7 Å². The van der Waals surface area contributed by atoms with Crippen LogP contribution in [-0.4, -0.2) is 43.2 Å². The number of rotatable bonds is 10. The third-order valence-corrected chi connectivity index (χ3v) is 8.29. The van der Waals surface area contributed by atoms with Gasteiger partial charge < -0.3 is 19.7 Å². The SMILES string of the molecule is CC.Cc1cc(Cl)c(OCCOc2ccc(C3=C(C(=O)N(Cc4cccc(C)c4C)C4CC4)CNCC3)cc2)c(Cl)c1. The average molecular weight is 610 g/mol. The number of aryl methyl sites for hydroxylation is 2. The summed E-state index contributed by atoms with van der Waals surface area (Å²) in [7, 11) is 0. The molecule has 0 atom stereocenters. The smallest absolute Gasteiger partial charge is 0.251 e. The Morgan fingerprint density at radius 1 is 0.952 bits per heavy atom. The largest absolute Gasteiger partial charge is 0.490 e. The van der Waals surface area contributed by atoms with Gasteiger partial charge in [-0.1, -0.05) is 67.4 Å². The highest BCUT2D eigenvalue weighted by atomic mass is 35.5. The molecule has 2 aliphatic rings. The van der Waals surface area contributed by atoms with E-state index in [2.05, 4.69) is 42.3 Å². The molecule has 1 aliphatic carbocycles. The molecule has 3 aromatic carbocycles. The molecule has 0 aromatic heterocycles. The van der Waals surface area contributed by atoms with Crippen LogP contribution in [0.1, 0.15) is 60.9 Å². The Balaban J connectivity index is 0.00000198. The van der Waals surface area contributed by atoms with E-state index in [-0.39, 0.29) is 5.91 Å². The van der Waals surface area contributed by atoms with Crippen molar-refractivity contribution in [2.45, 2.75) is 66.5 Å². The van der Waals surface area contributed by atoms with Crippen molar-refractivity contribution < 1.29 is 14.3 Å². The molecule has 7 heteroatoms. The number of amides is 1. The number of nitrogens with zero attached hydrogens (tertiary/aromatic N) is 1. The lowest BCUT2D eigenvalue weighted by molar-refractivity contribution is -0.128. The van der Waals surface area contributed by atoms with Crippen LogP contribution >= 0.6 is 23.2 Å². The molecule has 5 rings (SSSR count). The molecule has 1 heterocycles. The Labute approximate surface area is 260 Å². The fraction of sp³-hybridized carbons (Fsp3) is 0.400. The third-order valence-electron chi connectivity index (χ3n) is 7.73. The Morgan fingerprint density at radius 3 is 2.29 bits per heavy atom. The predicted octanol–water partition coefficient (Wildman–Crippen LogP) is 8.34. The highest BCUT2D eigenvalue weighted by Crippen LogP contribution is 2.35. The van der Waals surface area contributed by atoms with Crippen LogP contribution in [0.25, 0.3) is 5.57 Å². The molecule has 0 radical (unpaired) electrons. The number of carbonyl (C=O) groups excluding carboxylic acids is 1. The third kappa shape index (κ3) is 7.89. The average Bonchev–Trinajstić information content (AvgIpc) is 3.84. The first-order chi connectivity index (χ1) is 20.3. The van der Waals surface area contributed by atoms with Crippen molar-refractivity contribution in [1.82, 2.24) is 10.2 Å². The number of halogens is 2. The van der Waals surface area contributed by atoms with E-state index in [0.29, 0.717) is 48.1 Å². The number of nitrogens with one attached hydrogen (secondary N) is 1. The summed E-state index contributed by atoms with van der Waals surface area (Å²) in [6.45, 7) is 13.0. The second-order valence-corrected chi connectivity index (χ2v) is 11.5. The topological polar surface area (TPSA) is 50.8 Å². The summed E-state index contributed by atoms with van der Waals surface area (Å²) in [4.78, 5) is 16.1. The summed E-state index contributed by atoms with van der Waals surface area (Å²) in [5, 5.41) is 4.40. The predicted molar refractivity (Wildman–Crippen MR) is 174 cm³/mol. The van der Waals surface area contributed by atoms with E-state index >= 15 is 0 Å². The summed E-state index contributed by atoms with van der Waals surface area (Å²) in [5.41, 5.74) is 7.79. The van der Waals surface area contributed by atoms with Crippen molar-refractivity contribution >= 4 is 34.7 Å². The lowest BCUT2D eigenvalue weighted by atomic mass is 9.93. The van der Waals surface area contributed by atoms with E-state index in [0.717, 1.165) is 53.8 Å². The quantitative estimate of drug-likeness (QED) is 0.235. The zero-order valence-electron chi connectivity index (χ0n) is 25.4. The van der Waals surface area contributed by atoms with Gasteiger partial charge in [0.1, 0.15) is 19.0 Å². The van der Waals surface area contributed by atoms with E-state index in [1.807, 2.05) is 57.2 Å². The van der Waals surface area contributed by atoms with Gasteiger partial charge in [-0.2, -0.15) is 0 Å². The summed E-state index contributed by atoms with van der Waals surface area (Å²) in [6.07, 6.45) is 2.96. The summed E-state index contributed by atoms with van der Waals surface area (Å²) in [5.74, 6) is 1.36. The van der Waals surface area contributed by atoms with Gasteiger partial charge >= 0.3 is 0 Å². The van der Waals surface area contributed by atoms with Gasteiger partial charge in [0.05, 0.1) is 10.0 Å². The van der Waals surface area contributed by atoms with Gasteiger partial charge in [-0.3, -0.25) is 4.79 Å². The van der Waals surface area contributed by atoms with Gasteiger partial charge in [-0.25, -0.2) is 0 Å². The Bertz CT molecular complexity index is 1390. The number of carbonyl (C=O) groups is 1. The molecular weight excluding hydrogens is 567 g/mol. The second kappa shape index (κ2) is 15.0. The number of ether oxygens (including phenoxy) is 2. The van der Waals surface area contributed by atoms with Crippen molar-refractivity contribution in [2.24, 2.45) is 0 Å². The van der Waals surface area contributed by atoms with Crippen LogP contribution in [0.2, 0.25) is 10.0 Å². The minimum atomic E-state index is 0.150. The van der Waals surface area contributed by atoms with E-state index in [9.17, 15) is 4.79 Å². The van der Waals surface area contributed by atoms with Gasteiger partial charge in [0.2, 0.25) is 0 Å². The molecule has 224 valence electrons. The van der Waals surface area contributed by atoms with Gasteiger partial charge in [0.15, 0.2) is 5.75 Å². The van der Waals surface area contributed by atoms with E-state index in [1.54, 1.807) is 0 Å². The Kier molecular flexibility index (Phi) is 11.4. The first-order valence-corrected chi connectivity index (χ1v) is 15.7. The number of hydrogen-bond donors (Lipinski definition) is 1. The maximum atomic E-state index is 14.0. The van der Waals surface area contributed by atoms with Crippen molar-refractivity contribution in [3.05, 3.63) is 98.0 Å². The molecule has 1 aliphatic heterocycles. The first kappa shape index (κ1) is 31.9. The fourth-order valence-corrected chi connectivity index (χ4v) is 5.89. The summed E-state index contributed by atoms with van der Waals surface area (Å²) in [6, 6.07) is 18.3. The molecule has 0 saturated heterocycles. The number of benzene rings is 3. The standard InChI is InChI=1S/C33H36Cl2N2O3.C2H6/c1-21-17-30(34)32(31(35)18-21)40-16-15-39-27-11-7-24(8-12-27)28-13-14-36-19-29(28)33(38)37(26-9-10-26)20-25-6-4-5-22(2)23(25)3;1-2/h4-8,11-12,17-18,26,36H,9-10,13-16,19-20H2,1-3H3;1-2H3. The maximum Gasteiger partial charge on any atom is 0.251 e. The molecule has 1 amide bonds. The minimum absolute atomic E-state index is 0.150. The van der Waals surface area contributed by atoms with Crippen LogP contribution in [0, 0.1) is 20.8 Å². The van der Waals surface area contributed by atoms with Gasteiger partial charge in [-0.15, -0.1) is 0 Å². The summed E-state index contributed by atoms with van der Waals surface area (Å²) < 4.78 is 11.7. The zero-order chi connectivity index (χ0) is 30.2. The van der Waals surface area contributed by atoms with Crippen LogP contribution in [-0.2, 0) is 11.3 Å². The highest BCUT2D eigenvalue weighted by molar-refractivity contribution is 6.37. The second-order valence-electron chi connectivity index (χ2n) is 10.7. The first-order valence-electron chi connectivity index (χ1n) is 14.9. The molecule has 1 N–H and O–H groups in total. The highest BCUT2D eigenvalue weighted by Gasteiger charge is 2.35. The van der Waals surface area contributed by atoms with Crippen LogP contribution in [0.5, 0.6) is 11.5 Å². The molecule has 42 heavy (non-hydrogen) atoms. The zero-order valence-corrected chi connectivity index (χ0v) is 26.9. The molecule has 1 fully saturated rings. The van der Waals surface area contributed by atoms with Crippen molar-refractivity contribution in [3.8, 4) is 11.5 Å². The van der Waals surface area contributed by atoms with E-state index < -0.39 is 0 Å². The molecule has 0 bridgehead atoms. The minimum Gasteiger partial charge on any atom is -0.490 e. The lowest BCUT2D eigenvalue weighted by Gasteiger charge is -2.29. The normalized spacial score (nSPS) is 14.6. The fourth-order valence-electron chi connectivity index (χ4n) is 5.18. The molecular formula is C35H42Cl2N2O3. The van der Waals surface area contributed by atoms with E-state index in [4.69, 9.17) is 32.7 Å². The Hall–Kier alpha value is -2.99. The monoisotopic (exact) mass is 608 g/mol. The molecule has 5 nitrogen and oxygen atoms in total. The van der Waals surface area contributed by atoms with Crippen LogP contribution in [0.3, 0.4) is 0 Å². The summed E-state index contributed by atoms with van der Waals surface area (Å²) >= 11 is 12.5. The van der Waals surface area contributed by atoms with Crippen LogP contribution in [0.15, 0.2) is 60.2 Å². The molecule has 3 aromatic rings. The van der Waals surface area contributed by atoms with Crippen molar-refractivity contribution in [1.29, 1.82) is 0 Å². The molecule has 0 unspecified atom stereocenters. The van der Waals surface area contributed by atoms with Crippen molar-refractivity contribution in [2.75, 3.05) is 26.3 Å². The van der Waals surface area contributed by atoms with Gasteiger partial charge in [-0.05, 0) is 104 Å². The molecule has 0 spiro atoms.